The van der Waals surface area contributed by atoms with E-state index >= 15 is 0 Å². The fourth-order valence-electron chi connectivity index (χ4n) is 2.73. The molecule has 3 rings (SSSR count). The molecule has 1 heterocycles. The lowest BCUT2D eigenvalue weighted by atomic mass is 10.1. The molecule has 7 nitrogen and oxygen atoms in total. The van der Waals surface area contributed by atoms with Crippen molar-refractivity contribution in [2.45, 2.75) is 39.7 Å². The minimum absolute atomic E-state index is 0.00157. The Morgan fingerprint density at radius 1 is 1.00 bits per heavy atom. The summed E-state index contributed by atoms with van der Waals surface area (Å²) >= 11 is 0. The molecule has 2 aromatic carbocycles. The molecule has 1 amide bonds. The number of carbonyl (C=O) groups excluding carboxylic acids is 2. The van der Waals surface area contributed by atoms with Crippen LogP contribution in [0.3, 0.4) is 0 Å². The van der Waals surface area contributed by atoms with E-state index in [0.717, 1.165) is 18.4 Å². The molecule has 0 aliphatic carbocycles. The van der Waals surface area contributed by atoms with E-state index in [1.54, 1.807) is 24.3 Å². The highest BCUT2D eigenvalue weighted by molar-refractivity contribution is 5.97. The molecule has 1 aromatic heterocycles. The highest BCUT2D eigenvalue weighted by Gasteiger charge is 2.12. The van der Waals surface area contributed by atoms with Crippen molar-refractivity contribution < 1.29 is 9.59 Å². The van der Waals surface area contributed by atoms with Gasteiger partial charge in [-0.15, -0.1) is 10.2 Å². The van der Waals surface area contributed by atoms with Crippen LogP contribution in [0.1, 0.15) is 42.6 Å². The molecule has 0 aliphatic heterocycles. The molecular formula is C21H23N5O2. The van der Waals surface area contributed by atoms with Gasteiger partial charge in [0.1, 0.15) is 6.54 Å². The van der Waals surface area contributed by atoms with E-state index in [2.05, 4.69) is 27.7 Å². The van der Waals surface area contributed by atoms with Crippen LogP contribution in [0, 0.1) is 0 Å². The quantitative estimate of drug-likeness (QED) is 0.607. The maximum atomic E-state index is 12.5. The molecule has 0 fully saturated rings. The van der Waals surface area contributed by atoms with Crippen LogP contribution in [0.15, 0.2) is 48.5 Å². The minimum Gasteiger partial charge on any atom is -0.326 e. The van der Waals surface area contributed by atoms with Crippen molar-refractivity contribution in [1.82, 2.24) is 20.2 Å². The van der Waals surface area contributed by atoms with E-state index in [0.29, 0.717) is 23.5 Å². The van der Waals surface area contributed by atoms with Crippen molar-refractivity contribution in [3.05, 3.63) is 59.7 Å². The van der Waals surface area contributed by atoms with Crippen LogP contribution in [-0.4, -0.2) is 31.9 Å². The third-order valence-corrected chi connectivity index (χ3v) is 4.33. The first-order chi connectivity index (χ1) is 13.6. The van der Waals surface area contributed by atoms with Gasteiger partial charge in [-0.2, -0.15) is 4.80 Å². The fraction of sp³-hybridized carbons (Fsp3) is 0.286. The molecule has 1 N–H and O–H groups in total. The number of anilines is 1. The monoisotopic (exact) mass is 377 g/mol. The second-order valence-electron chi connectivity index (χ2n) is 6.49. The summed E-state index contributed by atoms with van der Waals surface area (Å²) < 4.78 is 0. The third-order valence-electron chi connectivity index (χ3n) is 4.33. The number of amides is 1. The topological polar surface area (TPSA) is 89.8 Å². The fourth-order valence-corrected chi connectivity index (χ4v) is 2.73. The Hall–Kier alpha value is -3.35. The van der Waals surface area contributed by atoms with Gasteiger partial charge in [0, 0.05) is 23.2 Å². The van der Waals surface area contributed by atoms with Crippen LogP contribution in [0.5, 0.6) is 0 Å². The second kappa shape index (κ2) is 9.03. The number of tetrazole rings is 1. The molecule has 28 heavy (non-hydrogen) atoms. The number of aryl methyl sites for hydroxylation is 1. The average Bonchev–Trinajstić information content (AvgIpc) is 3.17. The highest BCUT2D eigenvalue weighted by Crippen LogP contribution is 2.15. The summed E-state index contributed by atoms with van der Waals surface area (Å²) in [6.07, 6.45) is 2.23. The lowest BCUT2D eigenvalue weighted by Gasteiger charge is -2.05. The van der Waals surface area contributed by atoms with E-state index in [9.17, 15) is 9.59 Å². The van der Waals surface area contributed by atoms with E-state index in [1.807, 2.05) is 31.2 Å². The van der Waals surface area contributed by atoms with Crippen molar-refractivity contribution in [1.29, 1.82) is 0 Å². The molecule has 0 spiro atoms. The number of rotatable bonds is 8. The number of benzene rings is 2. The predicted octanol–water partition coefficient (Wildman–Crippen LogP) is 3.52. The van der Waals surface area contributed by atoms with Crippen LogP contribution in [0.4, 0.5) is 5.69 Å². The van der Waals surface area contributed by atoms with Gasteiger partial charge in [-0.1, -0.05) is 38.1 Å². The first-order valence-corrected chi connectivity index (χ1v) is 9.39. The molecule has 0 bridgehead atoms. The molecule has 0 radical (unpaired) electrons. The van der Waals surface area contributed by atoms with Gasteiger partial charge < -0.3 is 5.32 Å². The van der Waals surface area contributed by atoms with Crippen molar-refractivity contribution in [3.8, 4) is 11.4 Å². The number of hydrogen-bond donors (Lipinski definition) is 1. The summed E-state index contributed by atoms with van der Waals surface area (Å²) in [5, 5.41) is 15.1. The summed E-state index contributed by atoms with van der Waals surface area (Å²) in [6.45, 7) is 4.05. The Bertz CT molecular complexity index is 946. The van der Waals surface area contributed by atoms with Crippen LogP contribution >= 0.6 is 0 Å². The molecule has 7 heteroatoms. The number of nitrogens with one attached hydrogen (secondary N) is 1. The van der Waals surface area contributed by atoms with Gasteiger partial charge >= 0.3 is 0 Å². The summed E-state index contributed by atoms with van der Waals surface area (Å²) in [5.41, 5.74) is 3.30. The van der Waals surface area contributed by atoms with Gasteiger partial charge in [-0.25, -0.2) is 0 Å². The Morgan fingerprint density at radius 2 is 1.71 bits per heavy atom. The summed E-state index contributed by atoms with van der Waals surface area (Å²) in [5.74, 6) is 0.328. The Morgan fingerprint density at radius 3 is 2.36 bits per heavy atom. The zero-order valence-corrected chi connectivity index (χ0v) is 16.1. The number of carbonyl (C=O) groups is 2. The summed E-state index contributed by atoms with van der Waals surface area (Å²) in [6, 6.07) is 14.8. The second-order valence-corrected chi connectivity index (χ2v) is 6.49. The molecular weight excluding hydrogens is 354 g/mol. The highest BCUT2D eigenvalue weighted by atomic mass is 16.1. The number of ketones is 1. The predicted molar refractivity (Wildman–Crippen MR) is 107 cm³/mol. The van der Waals surface area contributed by atoms with Crippen LogP contribution < -0.4 is 5.32 Å². The molecule has 144 valence electrons. The molecule has 0 aliphatic rings. The van der Waals surface area contributed by atoms with Crippen LogP contribution in [0.2, 0.25) is 0 Å². The minimum atomic E-state index is -0.128. The van der Waals surface area contributed by atoms with Gasteiger partial charge in [-0.05, 0) is 47.9 Å². The maximum Gasteiger partial charge on any atom is 0.224 e. The first-order valence-electron chi connectivity index (χ1n) is 9.39. The van der Waals surface area contributed by atoms with Gasteiger partial charge in [0.2, 0.25) is 11.7 Å². The van der Waals surface area contributed by atoms with Gasteiger partial charge in [-0.3, -0.25) is 9.59 Å². The lowest BCUT2D eigenvalue weighted by molar-refractivity contribution is -0.116. The standard InChI is InChI=1S/C21H23N5O2/c1-3-5-20(28)22-18-12-10-16(11-13-18)19(27)14-26-24-21(23-25-26)17-8-6-15(4-2)7-9-17/h6-13H,3-5,14H2,1-2H3,(H,22,28). The van der Waals surface area contributed by atoms with Gasteiger partial charge in [0.25, 0.3) is 0 Å². The SMILES string of the molecule is CCCC(=O)Nc1ccc(C(=O)Cn2nnc(-c3ccc(CC)cc3)n2)cc1. The molecule has 0 saturated carbocycles. The molecule has 0 saturated heterocycles. The van der Waals surface area contributed by atoms with E-state index in [4.69, 9.17) is 0 Å². The van der Waals surface area contributed by atoms with E-state index in [-0.39, 0.29) is 18.2 Å². The van der Waals surface area contributed by atoms with Crippen LogP contribution in [-0.2, 0) is 17.8 Å². The Kier molecular flexibility index (Phi) is 6.26. The number of nitrogens with zero attached hydrogens (tertiary/aromatic N) is 4. The maximum absolute atomic E-state index is 12.5. The molecule has 0 atom stereocenters. The smallest absolute Gasteiger partial charge is 0.224 e. The van der Waals surface area contributed by atoms with Crippen LogP contribution in [0.25, 0.3) is 11.4 Å². The van der Waals surface area contributed by atoms with Gasteiger partial charge in [0.15, 0.2) is 5.78 Å². The number of Topliss-reactive ketones (excluding diaryl/α,β-unsaturated/α-hetero) is 1. The number of hydrogen-bond acceptors (Lipinski definition) is 5. The zero-order chi connectivity index (χ0) is 19.9. The largest absolute Gasteiger partial charge is 0.326 e. The van der Waals surface area contributed by atoms with Crippen molar-refractivity contribution in [2.24, 2.45) is 0 Å². The van der Waals surface area contributed by atoms with E-state index < -0.39 is 0 Å². The zero-order valence-electron chi connectivity index (χ0n) is 16.1. The van der Waals surface area contributed by atoms with Crippen molar-refractivity contribution in [2.75, 3.05) is 5.32 Å². The lowest BCUT2D eigenvalue weighted by Crippen LogP contribution is -2.14. The summed E-state index contributed by atoms with van der Waals surface area (Å²) in [4.78, 5) is 25.4. The van der Waals surface area contributed by atoms with Crippen molar-refractivity contribution >= 4 is 17.4 Å². The summed E-state index contributed by atoms with van der Waals surface area (Å²) in [7, 11) is 0. The first kappa shape index (κ1) is 19.4. The normalized spacial score (nSPS) is 10.6. The Labute approximate surface area is 163 Å². The Balaban J connectivity index is 1.63. The average molecular weight is 377 g/mol. The number of aromatic nitrogens is 4. The molecule has 3 aromatic rings. The van der Waals surface area contributed by atoms with Crippen molar-refractivity contribution in [3.63, 3.8) is 0 Å². The third kappa shape index (κ3) is 4.88. The molecule has 0 unspecified atom stereocenters. The van der Waals surface area contributed by atoms with E-state index in [1.165, 1.54) is 10.4 Å². The van der Waals surface area contributed by atoms with Gasteiger partial charge in [0.05, 0.1) is 0 Å².